The lowest BCUT2D eigenvalue weighted by Gasteiger charge is -2.13. The number of benzene rings is 2. The second kappa shape index (κ2) is 6.23. The number of halogens is 4. The molecule has 0 fully saturated rings. The predicted molar refractivity (Wildman–Crippen MR) is 81.2 cm³/mol. The predicted octanol–water partition coefficient (Wildman–Crippen LogP) is 5.14. The van der Waals surface area contributed by atoms with Crippen molar-refractivity contribution in [2.24, 2.45) is 5.73 Å². The third-order valence-electron chi connectivity index (χ3n) is 2.81. The molecular weight excluding hydrogens is 352 g/mol. The van der Waals surface area contributed by atoms with Crippen molar-refractivity contribution in [2.75, 3.05) is 0 Å². The fourth-order valence-corrected chi connectivity index (χ4v) is 2.50. The van der Waals surface area contributed by atoms with E-state index in [1.54, 1.807) is 24.3 Å². The van der Waals surface area contributed by atoms with Gasteiger partial charge in [0.15, 0.2) is 0 Å². The number of nitrogens with two attached hydrogens (primary N) is 1. The molecule has 0 aromatic heterocycles. The van der Waals surface area contributed by atoms with Gasteiger partial charge in [-0.1, -0.05) is 35.3 Å². The van der Waals surface area contributed by atoms with E-state index in [4.69, 9.17) is 28.9 Å². The zero-order valence-corrected chi connectivity index (χ0v) is 12.9. The summed E-state index contributed by atoms with van der Waals surface area (Å²) in [6, 6.07) is 9.96. The van der Waals surface area contributed by atoms with Gasteiger partial charge in [0.2, 0.25) is 0 Å². The molecular formula is C14H11BrCl2FN. The monoisotopic (exact) mass is 361 g/mol. The van der Waals surface area contributed by atoms with Gasteiger partial charge in [0.25, 0.3) is 0 Å². The van der Waals surface area contributed by atoms with E-state index < -0.39 is 0 Å². The van der Waals surface area contributed by atoms with Crippen LogP contribution in [0.4, 0.5) is 4.39 Å². The molecule has 0 aliphatic carbocycles. The summed E-state index contributed by atoms with van der Waals surface area (Å²) in [5, 5.41) is 1.02. The molecule has 19 heavy (non-hydrogen) atoms. The molecule has 0 heterocycles. The highest BCUT2D eigenvalue weighted by molar-refractivity contribution is 9.10. The van der Waals surface area contributed by atoms with Crippen molar-refractivity contribution in [3.8, 4) is 0 Å². The molecule has 0 saturated carbocycles. The third kappa shape index (κ3) is 3.69. The van der Waals surface area contributed by atoms with Crippen LogP contribution >= 0.6 is 39.1 Å². The van der Waals surface area contributed by atoms with Crippen LogP contribution in [0, 0.1) is 5.82 Å². The summed E-state index contributed by atoms with van der Waals surface area (Å²) in [5.74, 6) is -0.300. The molecule has 1 atom stereocenters. The Bertz CT molecular complexity index is 604. The number of hydrogen-bond acceptors (Lipinski definition) is 1. The summed E-state index contributed by atoms with van der Waals surface area (Å²) < 4.78 is 13.6. The Kier molecular flexibility index (Phi) is 4.85. The Morgan fingerprint density at radius 3 is 2.47 bits per heavy atom. The van der Waals surface area contributed by atoms with Crippen molar-refractivity contribution in [2.45, 2.75) is 12.5 Å². The van der Waals surface area contributed by atoms with Gasteiger partial charge in [-0.05, 0) is 57.7 Å². The van der Waals surface area contributed by atoms with Crippen molar-refractivity contribution in [3.05, 3.63) is 67.9 Å². The maximum atomic E-state index is 13.2. The first-order chi connectivity index (χ1) is 8.97. The number of hydrogen-bond donors (Lipinski definition) is 1. The van der Waals surface area contributed by atoms with Crippen molar-refractivity contribution >= 4 is 39.1 Å². The molecule has 100 valence electrons. The van der Waals surface area contributed by atoms with Crippen molar-refractivity contribution < 1.29 is 4.39 Å². The van der Waals surface area contributed by atoms with Crippen LogP contribution in [0.3, 0.4) is 0 Å². The van der Waals surface area contributed by atoms with E-state index >= 15 is 0 Å². The molecule has 0 saturated heterocycles. The minimum absolute atomic E-state index is 0.228. The van der Waals surface area contributed by atoms with E-state index in [0.717, 1.165) is 11.1 Å². The topological polar surface area (TPSA) is 26.0 Å². The van der Waals surface area contributed by atoms with Crippen LogP contribution in [-0.2, 0) is 6.42 Å². The zero-order valence-electron chi connectivity index (χ0n) is 9.84. The summed E-state index contributed by atoms with van der Waals surface area (Å²) in [4.78, 5) is 0. The van der Waals surface area contributed by atoms with Crippen LogP contribution < -0.4 is 5.73 Å². The molecule has 2 N–H and O–H groups in total. The van der Waals surface area contributed by atoms with Crippen molar-refractivity contribution in [3.63, 3.8) is 0 Å². The van der Waals surface area contributed by atoms with E-state index in [0.29, 0.717) is 20.9 Å². The van der Waals surface area contributed by atoms with Gasteiger partial charge >= 0.3 is 0 Å². The fourth-order valence-electron chi connectivity index (χ4n) is 1.78. The first kappa shape index (κ1) is 14.8. The fraction of sp³-hybridized carbons (Fsp3) is 0.143. The Hall–Kier alpha value is -0.610. The first-order valence-electron chi connectivity index (χ1n) is 5.62. The summed E-state index contributed by atoms with van der Waals surface area (Å²) >= 11 is 15.0. The molecule has 0 radical (unpaired) electrons. The summed E-state index contributed by atoms with van der Waals surface area (Å²) in [7, 11) is 0. The van der Waals surface area contributed by atoms with Crippen LogP contribution in [0.2, 0.25) is 10.0 Å². The van der Waals surface area contributed by atoms with Crippen LogP contribution in [-0.4, -0.2) is 0 Å². The van der Waals surface area contributed by atoms with E-state index in [2.05, 4.69) is 15.9 Å². The lowest BCUT2D eigenvalue weighted by Crippen LogP contribution is -2.13. The normalized spacial score (nSPS) is 12.5. The van der Waals surface area contributed by atoms with Crippen LogP contribution in [0.25, 0.3) is 0 Å². The summed E-state index contributed by atoms with van der Waals surface area (Å²) in [6.07, 6.45) is 0.606. The van der Waals surface area contributed by atoms with Gasteiger partial charge in [-0.15, -0.1) is 0 Å². The Morgan fingerprint density at radius 2 is 1.84 bits per heavy atom. The molecule has 2 aromatic carbocycles. The third-order valence-corrected chi connectivity index (χ3v) is 4.16. The molecule has 1 nitrogen and oxygen atoms in total. The molecule has 5 heteroatoms. The van der Waals surface area contributed by atoms with Gasteiger partial charge < -0.3 is 5.73 Å². The van der Waals surface area contributed by atoms with E-state index in [9.17, 15) is 4.39 Å². The molecule has 0 amide bonds. The van der Waals surface area contributed by atoms with E-state index in [-0.39, 0.29) is 11.9 Å². The second-order valence-electron chi connectivity index (χ2n) is 4.23. The second-order valence-corrected chi connectivity index (χ2v) is 5.90. The van der Waals surface area contributed by atoms with E-state index in [1.165, 1.54) is 6.07 Å². The smallest absolute Gasteiger partial charge is 0.137 e. The average Bonchev–Trinajstić information content (AvgIpc) is 2.37. The molecule has 1 unspecified atom stereocenters. The molecule has 0 aliphatic heterocycles. The summed E-state index contributed by atoms with van der Waals surface area (Å²) in [5.41, 5.74) is 7.96. The van der Waals surface area contributed by atoms with Gasteiger partial charge in [-0.25, -0.2) is 4.39 Å². The van der Waals surface area contributed by atoms with E-state index in [1.807, 2.05) is 6.07 Å². The van der Waals surface area contributed by atoms with Crippen molar-refractivity contribution in [1.29, 1.82) is 0 Å². The first-order valence-corrected chi connectivity index (χ1v) is 7.16. The molecule has 0 bridgehead atoms. The minimum Gasteiger partial charge on any atom is -0.324 e. The Morgan fingerprint density at radius 1 is 1.11 bits per heavy atom. The molecule has 2 aromatic rings. The largest absolute Gasteiger partial charge is 0.324 e. The maximum absolute atomic E-state index is 13.2. The van der Waals surface area contributed by atoms with Crippen molar-refractivity contribution in [1.82, 2.24) is 0 Å². The average molecular weight is 363 g/mol. The molecule has 0 spiro atoms. The Labute approximate surface area is 129 Å². The SMILES string of the molecule is NC(Cc1ccc(Cl)c(Cl)c1)c1ccc(F)c(Br)c1. The quantitative estimate of drug-likeness (QED) is 0.803. The van der Waals surface area contributed by atoms with Gasteiger partial charge in [0.05, 0.1) is 14.5 Å². The lowest BCUT2D eigenvalue weighted by atomic mass is 10.00. The summed E-state index contributed by atoms with van der Waals surface area (Å²) in [6.45, 7) is 0. The standard InChI is InChI=1S/C14H11BrCl2FN/c15-10-7-9(2-4-13(10)18)14(19)6-8-1-3-11(16)12(17)5-8/h1-5,7,14H,6,19H2. The van der Waals surface area contributed by atoms with Gasteiger partial charge in [-0.2, -0.15) is 0 Å². The number of rotatable bonds is 3. The highest BCUT2D eigenvalue weighted by Crippen LogP contribution is 2.26. The minimum atomic E-state index is -0.300. The lowest BCUT2D eigenvalue weighted by molar-refractivity contribution is 0.617. The molecule has 0 aliphatic rings. The highest BCUT2D eigenvalue weighted by Gasteiger charge is 2.10. The maximum Gasteiger partial charge on any atom is 0.137 e. The molecule has 2 rings (SSSR count). The van der Waals surface area contributed by atoms with Crippen LogP contribution in [0.15, 0.2) is 40.9 Å². The van der Waals surface area contributed by atoms with Crippen LogP contribution in [0.5, 0.6) is 0 Å². The van der Waals surface area contributed by atoms with Crippen LogP contribution in [0.1, 0.15) is 17.2 Å². The van der Waals surface area contributed by atoms with Gasteiger partial charge in [0.1, 0.15) is 5.82 Å². The Balaban J connectivity index is 2.17. The highest BCUT2D eigenvalue weighted by atomic mass is 79.9. The van der Waals surface area contributed by atoms with Gasteiger partial charge in [0, 0.05) is 6.04 Å². The van der Waals surface area contributed by atoms with Gasteiger partial charge in [-0.3, -0.25) is 0 Å². The zero-order chi connectivity index (χ0) is 14.0.